The molecule has 1 aliphatic rings. The Morgan fingerprint density at radius 3 is 2.36 bits per heavy atom. The van der Waals surface area contributed by atoms with Crippen LogP contribution in [0.4, 0.5) is 5.69 Å². The van der Waals surface area contributed by atoms with Crippen LogP contribution in [0.5, 0.6) is 5.75 Å². The predicted molar refractivity (Wildman–Crippen MR) is 121 cm³/mol. The van der Waals surface area contributed by atoms with Gasteiger partial charge in [-0.3, -0.25) is 10.1 Å². The van der Waals surface area contributed by atoms with E-state index in [0.717, 1.165) is 5.56 Å². The Morgan fingerprint density at radius 1 is 0.939 bits per heavy atom. The molecule has 0 bridgehead atoms. The van der Waals surface area contributed by atoms with Gasteiger partial charge in [0.25, 0.3) is 5.69 Å². The van der Waals surface area contributed by atoms with Gasteiger partial charge < -0.3 is 9.47 Å². The van der Waals surface area contributed by atoms with Crippen LogP contribution in [0, 0.1) is 10.1 Å². The Labute approximate surface area is 188 Å². The van der Waals surface area contributed by atoms with Crippen LogP contribution in [-0.4, -0.2) is 22.8 Å². The molecule has 0 aromatic heterocycles. The molecule has 0 amide bonds. The Kier molecular flexibility index (Phi) is 6.17. The van der Waals surface area contributed by atoms with E-state index in [2.05, 4.69) is 4.99 Å². The predicted octanol–water partition coefficient (Wildman–Crippen LogP) is 4.82. The Hall–Kier alpha value is -4.85. The zero-order chi connectivity index (χ0) is 23.2. The van der Waals surface area contributed by atoms with Crippen molar-refractivity contribution in [1.29, 1.82) is 0 Å². The summed E-state index contributed by atoms with van der Waals surface area (Å²) in [6, 6.07) is 21.2. The van der Waals surface area contributed by atoms with Gasteiger partial charge in [0.1, 0.15) is 5.75 Å². The summed E-state index contributed by atoms with van der Waals surface area (Å²) in [6.45, 7) is 0. The number of aliphatic imine (C=N–C) groups is 1. The third-order valence-corrected chi connectivity index (χ3v) is 4.58. The van der Waals surface area contributed by atoms with Gasteiger partial charge in [0.05, 0.1) is 10.5 Å². The minimum atomic E-state index is -0.695. The van der Waals surface area contributed by atoms with Gasteiger partial charge in [0.15, 0.2) is 5.70 Å². The molecule has 0 N–H and O–H groups in total. The smallest absolute Gasteiger partial charge is 0.363 e. The topological polar surface area (TPSA) is 108 Å². The summed E-state index contributed by atoms with van der Waals surface area (Å²) in [5.41, 5.74) is 1.44. The van der Waals surface area contributed by atoms with E-state index in [0.29, 0.717) is 5.56 Å². The molecule has 1 aliphatic heterocycles. The van der Waals surface area contributed by atoms with E-state index in [1.165, 1.54) is 30.3 Å². The molecule has 0 atom stereocenters. The largest absolute Gasteiger partial charge is 0.422 e. The third kappa shape index (κ3) is 5.26. The fraction of sp³-hybridized carbons (Fsp3) is 0. The molecule has 0 unspecified atom stereocenters. The highest BCUT2D eigenvalue weighted by atomic mass is 16.6. The van der Waals surface area contributed by atoms with Gasteiger partial charge in [-0.25, -0.2) is 14.6 Å². The molecule has 0 saturated carbocycles. The van der Waals surface area contributed by atoms with E-state index in [4.69, 9.17) is 9.47 Å². The SMILES string of the molecule is O=C1OC(/C=C/c2ccccc2)=NC/1=C/c1ccccc1OC(=O)c1ccc([N+](=O)[O-])cc1. The first-order valence-electron chi connectivity index (χ1n) is 9.81. The number of carbonyl (C=O) groups excluding carboxylic acids is 2. The van der Waals surface area contributed by atoms with Crippen LogP contribution in [0.15, 0.2) is 95.6 Å². The van der Waals surface area contributed by atoms with Crippen LogP contribution < -0.4 is 4.74 Å². The fourth-order valence-corrected chi connectivity index (χ4v) is 2.95. The van der Waals surface area contributed by atoms with Gasteiger partial charge in [-0.05, 0) is 35.9 Å². The second-order valence-electron chi connectivity index (χ2n) is 6.84. The fourth-order valence-electron chi connectivity index (χ4n) is 2.95. The van der Waals surface area contributed by atoms with Gasteiger partial charge in [-0.1, -0.05) is 48.5 Å². The minimum absolute atomic E-state index is 0.0570. The highest BCUT2D eigenvalue weighted by Crippen LogP contribution is 2.25. The number of non-ortho nitro benzene ring substituents is 1. The molecular formula is C25H16N2O6. The molecule has 0 radical (unpaired) electrons. The highest BCUT2D eigenvalue weighted by molar-refractivity contribution is 6.11. The van der Waals surface area contributed by atoms with Crippen molar-refractivity contribution in [3.05, 3.63) is 117 Å². The van der Waals surface area contributed by atoms with Crippen LogP contribution in [-0.2, 0) is 9.53 Å². The van der Waals surface area contributed by atoms with Crippen molar-refractivity contribution in [1.82, 2.24) is 0 Å². The number of rotatable bonds is 6. The number of carbonyl (C=O) groups is 2. The van der Waals surface area contributed by atoms with Crippen molar-refractivity contribution >= 4 is 35.7 Å². The molecule has 0 aliphatic carbocycles. The third-order valence-electron chi connectivity index (χ3n) is 4.58. The second kappa shape index (κ2) is 9.52. The number of nitro groups is 1. The molecule has 3 aromatic rings. The van der Waals surface area contributed by atoms with Crippen molar-refractivity contribution in [2.24, 2.45) is 4.99 Å². The number of para-hydroxylation sites is 1. The number of ether oxygens (including phenoxy) is 2. The zero-order valence-electron chi connectivity index (χ0n) is 17.1. The van der Waals surface area contributed by atoms with Crippen LogP contribution in [0.25, 0.3) is 12.2 Å². The van der Waals surface area contributed by atoms with Crippen molar-refractivity contribution in [3.8, 4) is 5.75 Å². The lowest BCUT2D eigenvalue weighted by atomic mass is 10.1. The van der Waals surface area contributed by atoms with Crippen LogP contribution in [0.2, 0.25) is 0 Å². The van der Waals surface area contributed by atoms with Crippen LogP contribution >= 0.6 is 0 Å². The molecular weight excluding hydrogens is 424 g/mol. The minimum Gasteiger partial charge on any atom is -0.422 e. The lowest BCUT2D eigenvalue weighted by Crippen LogP contribution is -2.09. The van der Waals surface area contributed by atoms with Gasteiger partial charge >= 0.3 is 11.9 Å². The van der Waals surface area contributed by atoms with Crippen molar-refractivity contribution in [3.63, 3.8) is 0 Å². The number of hydrogen-bond acceptors (Lipinski definition) is 7. The summed E-state index contributed by atoms with van der Waals surface area (Å²) in [5, 5.41) is 10.8. The molecule has 162 valence electrons. The summed E-state index contributed by atoms with van der Waals surface area (Å²) in [5.74, 6) is -0.973. The summed E-state index contributed by atoms with van der Waals surface area (Å²) in [6.07, 6.45) is 4.83. The molecule has 0 saturated heterocycles. The van der Waals surface area contributed by atoms with E-state index in [1.54, 1.807) is 36.4 Å². The van der Waals surface area contributed by atoms with E-state index in [1.807, 2.05) is 30.3 Å². The summed E-state index contributed by atoms with van der Waals surface area (Å²) in [7, 11) is 0. The average molecular weight is 440 g/mol. The first-order valence-corrected chi connectivity index (χ1v) is 9.81. The van der Waals surface area contributed by atoms with E-state index in [9.17, 15) is 19.7 Å². The number of hydrogen-bond donors (Lipinski definition) is 0. The van der Waals surface area contributed by atoms with Gasteiger partial charge in [0.2, 0.25) is 5.90 Å². The molecule has 0 fully saturated rings. The highest BCUT2D eigenvalue weighted by Gasteiger charge is 2.22. The first kappa shape index (κ1) is 21.4. The normalized spacial score (nSPS) is 14.2. The Bertz CT molecular complexity index is 1310. The number of esters is 2. The lowest BCUT2D eigenvalue weighted by molar-refractivity contribution is -0.384. The van der Waals surface area contributed by atoms with E-state index < -0.39 is 16.9 Å². The molecule has 0 spiro atoms. The Morgan fingerprint density at radius 2 is 1.64 bits per heavy atom. The molecule has 33 heavy (non-hydrogen) atoms. The van der Waals surface area contributed by atoms with E-state index in [-0.39, 0.29) is 28.6 Å². The van der Waals surface area contributed by atoms with E-state index >= 15 is 0 Å². The maximum atomic E-state index is 12.5. The van der Waals surface area contributed by atoms with Gasteiger partial charge in [-0.2, -0.15) is 0 Å². The van der Waals surface area contributed by atoms with Crippen molar-refractivity contribution in [2.45, 2.75) is 0 Å². The van der Waals surface area contributed by atoms with Gasteiger partial charge in [-0.15, -0.1) is 0 Å². The summed E-state index contributed by atoms with van der Waals surface area (Å²) in [4.78, 5) is 39.1. The summed E-state index contributed by atoms with van der Waals surface area (Å²) >= 11 is 0. The summed E-state index contributed by atoms with van der Waals surface area (Å²) < 4.78 is 10.6. The molecule has 1 heterocycles. The maximum Gasteiger partial charge on any atom is 0.363 e. The maximum absolute atomic E-state index is 12.5. The molecule has 4 rings (SSSR count). The number of cyclic esters (lactones) is 1. The van der Waals surface area contributed by atoms with Crippen LogP contribution in [0.1, 0.15) is 21.5 Å². The van der Waals surface area contributed by atoms with Crippen molar-refractivity contribution < 1.29 is 24.0 Å². The monoisotopic (exact) mass is 440 g/mol. The average Bonchev–Trinajstić information content (AvgIpc) is 3.18. The van der Waals surface area contributed by atoms with Crippen molar-refractivity contribution in [2.75, 3.05) is 0 Å². The second-order valence-corrected chi connectivity index (χ2v) is 6.84. The zero-order valence-corrected chi connectivity index (χ0v) is 17.1. The number of nitro benzene ring substituents is 1. The standard InChI is InChI=1S/C25H16N2O6/c28-24(18-11-13-20(14-12-18)27(30)31)32-22-9-5-4-8-19(22)16-21-25(29)33-23(26-21)15-10-17-6-2-1-3-7-17/h1-16H/b15-10+,21-16+. The quantitative estimate of drug-likeness (QED) is 0.179. The number of nitrogens with zero attached hydrogens (tertiary/aromatic N) is 2. The van der Waals surface area contributed by atoms with Gasteiger partial charge in [0, 0.05) is 23.8 Å². The first-order chi connectivity index (χ1) is 16.0. The molecule has 8 heteroatoms. The number of benzene rings is 3. The Balaban J connectivity index is 1.53. The lowest BCUT2D eigenvalue weighted by Gasteiger charge is -2.07. The van der Waals surface area contributed by atoms with Crippen LogP contribution in [0.3, 0.4) is 0 Å². The molecule has 8 nitrogen and oxygen atoms in total. The molecule has 3 aromatic carbocycles.